The molecule has 0 saturated carbocycles. The number of benzene rings is 1. The van der Waals surface area contributed by atoms with E-state index in [1.165, 1.54) is 0 Å². The van der Waals surface area contributed by atoms with Gasteiger partial charge in [0.15, 0.2) is 0 Å². The number of aromatic nitrogens is 1. The van der Waals surface area contributed by atoms with Crippen molar-refractivity contribution in [1.29, 1.82) is 0 Å². The molecule has 1 N–H and O–H groups in total. The van der Waals surface area contributed by atoms with E-state index in [1.54, 1.807) is 17.2 Å². The minimum atomic E-state index is -0.530. The standard InChI is InChI=1S/C16H17N3O2S/c20-15(14-7-8-17-22-14)18-13(16(21)19-9-4-10-19)11-12-5-2-1-3-6-12/h1-3,5-8,13H,4,9-11H2,(H,18,20)/t13-/m0/s1. The van der Waals surface area contributed by atoms with Crippen LogP contribution in [0.25, 0.3) is 0 Å². The molecule has 6 heteroatoms. The molecule has 1 saturated heterocycles. The average molecular weight is 315 g/mol. The molecule has 0 bridgehead atoms. The average Bonchev–Trinajstić information content (AvgIpc) is 3.00. The summed E-state index contributed by atoms with van der Waals surface area (Å²) >= 11 is 1.13. The summed E-state index contributed by atoms with van der Waals surface area (Å²) in [6, 6.07) is 10.9. The largest absolute Gasteiger partial charge is 0.341 e. The van der Waals surface area contributed by atoms with Crippen LogP contribution in [0.1, 0.15) is 21.7 Å². The van der Waals surface area contributed by atoms with Gasteiger partial charge in [-0.15, -0.1) is 0 Å². The maximum Gasteiger partial charge on any atom is 0.263 e. The molecule has 0 aliphatic carbocycles. The third-order valence-electron chi connectivity index (χ3n) is 3.72. The van der Waals surface area contributed by atoms with E-state index in [4.69, 9.17) is 0 Å². The van der Waals surface area contributed by atoms with Crippen molar-refractivity contribution in [3.05, 3.63) is 53.0 Å². The first-order valence-electron chi connectivity index (χ1n) is 7.28. The maximum absolute atomic E-state index is 12.5. The second kappa shape index (κ2) is 6.70. The number of hydrogen-bond acceptors (Lipinski definition) is 4. The van der Waals surface area contributed by atoms with Crippen molar-refractivity contribution in [3.8, 4) is 0 Å². The highest BCUT2D eigenvalue weighted by atomic mass is 32.1. The molecule has 114 valence electrons. The smallest absolute Gasteiger partial charge is 0.263 e. The molecule has 5 nitrogen and oxygen atoms in total. The van der Waals surface area contributed by atoms with Gasteiger partial charge in [0, 0.05) is 25.7 Å². The summed E-state index contributed by atoms with van der Waals surface area (Å²) in [5.74, 6) is -0.245. The Labute approximate surface area is 133 Å². The third-order valence-corrected chi connectivity index (χ3v) is 4.46. The fourth-order valence-electron chi connectivity index (χ4n) is 2.37. The molecule has 2 aromatic rings. The number of nitrogens with one attached hydrogen (secondary N) is 1. The van der Waals surface area contributed by atoms with Crippen LogP contribution in [0.2, 0.25) is 0 Å². The van der Waals surface area contributed by atoms with Crippen molar-refractivity contribution < 1.29 is 9.59 Å². The number of hydrogen-bond donors (Lipinski definition) is 1. The van der Waals surface area contributed by atoms with Crippen LogP contribution in [0.5, 0.6) is 0 Å². The molecule has 1 aliphatic rings. The van der Waals surface area contributed by atoms with Crippen molar-refractivity contribution in [2.45, 2.75) is 18.9 Å². The first-order valence-corrected chi connectivity index (χ1v) is 8.05. The summed E-state index contributed by atoms with van der Waals surface area (Å²) in [6.07, 6.45) is 3.12. The SMILES string of the molecule is O=C(N[C@@H](Cc1ccccc1)C(=O)N1CCC1)c1ccns1. The molecule has 1 aromatic heterocycles. The van der Waals surface area contributed by atoms with E-state index in [0.717, 1.165) is 36.6 Å². The quantitative estimate of drug-likeness (QED) is 0.914. The summed E-state index contributed by atoms with van der Waals surface area (Å²) in [5.41, 5.74) is 1.03. The van der Waals surface area contributed by atoms with Crippen molar-refractivity contribution in [3.63, 3.8) is 0 Å². The van der Waals surface area contributed by atoms with Crippen LogP contribution in [0, 0.1) is 0 Å². The zero-order valence-corrected chi connectivity index (χ0v) is 12.9. The molecule has 22 heavy (non-hydrogen) atoms. The number of amides is 2. The van der Waals surface area contributed by atoms with Gasteiger partial charge in [-0.2, -0.15) is 0 Å². The zero-order chi connectivity index (χ0) is 15.4. The molecule has 0 unspecified atom stereocenters. The summed E-state index contributed by atoms with van der Waals surface area (Å²) in [6.45, 7) is 1.56. The molecule has 1 aliphatic heterocycles. The number of carbonyl (C=O) groups is 2. The van der Waals surface area contributed by atoms with Crippen molar-refractivity contribution in [2.24, 2.45) is 0 Å². The molecule has 0 spiro atoms. The van der Waals surface area contributed by atoms with Gasteiger partial charge in [-0.1, -0.05) is 30.3 Å². The van der Waals surface area contributed by atoms with Crippen LogP contribution >= 0.6 is 11.5 Å². The number of rotatable bonds is 5. The molecular formula is C16H17N3O2S. The normalized spacial score (nSPS) is 15.0. The Bertz CT molecular complexity index is 639. The fourth-order valence-corrected chi connectivity index (χ4v) is 2.87. The van der Waals surface area contributed by atoms with Gasteiger partial charge < -0.3 is 10.2 Å². The van der Waals surface area contributed by atoms with Crippen LogP contribution in [0.4, 0.5) is 0 Å². The Balaban J connectivity index is 1.73. The lowest BCUT2D eigenvalue weighted by atomic mass is 10.0. The molecule has 3 rings (SSSR count). The molecule has 2 amide bonds. The van der Waals surface area contributed by atoms with Gasteiger partial charge in [0.1, 0.15) is 10.9 Å². The lowest BCUT2D eigenvalue weighted by Crippen LogP contribution is -2.53. The first-order chi connectivity index (χ1) is 10.7. The van der Waals surface area contributed by atoms with Gasteiger partial charge in [0.2, 0.25) is 5.91 Å². The van der Waals surface area contributed by atoms with E-state index < -0.39 is 6.04 Å². The van der Waals surface area contributed by atoms with E-state index in [-0.39, 0.29) is 11.8 Å². The summed E-state index contributed by atoms with van der Waals surface area (Å²) in [7, 11) is 0. The van der Waals surface area contributed by atoms with E-state index in [0.29, 0.717) is 11.3 Å². The van der Waals surface area contributed by atoms with Crippen LogP contribution in [0.3, 0.4) is 0 Å². The van der Waals surface area contributed by atoms with E-state index in [2.05, 4.69) is 9.69 Å². The van der Waals surface area contributed by atoms with Crippen LogP contribution < -0.4 is 5.32 Å². The topological polar surface area (TPSA) is 62.3 Å². The van der Waals surface area contributed by atoms with Crippen molar-refractivity contribution >= 4 is 23.3 Å². The Morgan fingerprint density at radius 2 is 2.00 bits per heavy atom. The summed E-state index contributed by atoms with van der Waals surface area (Å²) < 4.78 is 3.93. The van der Waals surface area contributed by atoms with Crippen LogP contribution in [-0.2, 0) is 11.2 Å². The van der Waals surface area contributed by atoms with Crippen LogP contribution in [0.15, 0.2) is 42.6 Å². The van der Waals surface area contributed by atoms with Gasteiger partial charge >= 0.3 is 0 Å². The van der Waals surface area contributed by atoms with Gasteiger partial charge in [-0.3, -0.25) is 9.59 Å². The molecule has 1 fully saturated rings. The minimum absolute atomic E-state index is 0.00651. The fraction of sp³-hybridized carbons (Fsp3) is 0.312. The maximum atomic E-state index is 12.5. The predicted octanol–water partition coefficient (Wildman–Crippen LogP) is 1.72. The van der Waals surface area contributed by atoms with Crippen LogP contribution in [-0.4, -0.2) is 40.2 Å². The predicted molar refractivity (Wildman–Crippen MR) is 84.7 cm³/mol. The Morgan fingerprint density at radius 1 is 1.23 bits per heavy atom. The van der Waals surface area contributed by atoms with Gasteiger partial charge in [0.25, 0.3) is 5.91 Å². The van der Waals surface area contributed by atoms with Gasteiger partial charge in [0.05, 0.1) is 0 Å². The molecule has 1 atom stereocenters. The third kappa shape index (κ3) is 3.33. The number of likely N-dealkylation sites (tertiary alicyclic amines) is 1. The Morgan fingerprint density at radius 3 is 2.59 bits per heavy atom. The van der Waals surface area contributed by atoms with E-state index in [1.807, 2.05) is 30.3 Å². The molecule has 2 heterocycles. The molecule has 1 aromatic carbocycles. The minimum Gasteiger partial charge on any atom is -0.341 e. The molecular weight excluding hydrogens is 298 g/mol. The van der Waals surface area contributed by atoms with Crippen molar-refractivity contribution in [2.75, 3.05) is 13.1 Å². The monoisotopic (exact) mass is 315 g/mol. The first kappa shape index (κ1) is 14.7. The van der Waals surface area contributed by atoms with E-state index >= 15 is 0 Å². The second-order valence-corrected chi connectivity index (χ2v) is 6.10. The van der Waals surface area contributed by atoms with E-state index in [9.17, 15) is 9.59 Å². The summed E-state index contributed by atoms with van der Waals surface area (Å²) in [5, 5.41) is 2.86. The Hall–Kier alpha value is -2.21. The highest BCUT2D eigenvalue weighted by molar-refractivity contribution is 7.08. The second-order valence-electron chi connectivity index (χ2n) is 5.27. The molecule has 0 radical (unpaired) electrons. The van der Waals surface area contributed by atoms with Gasteiger partial charge in [-0.25, -0.2) is 4.37 Å². The zero-order valence-electron chi connectivity index (χ0n) is 12.1. The Kier molecular flexibility index (Phi) is 4.48. The summed E-state index contributed by atoms with van der Waals surface area (Å²) in [4.78, 5) is 27.1. The highest BCUT2D eigenvalue weighted by Gasteiger charge is 2.29. The number of nitrogens with zero attached hydrogens (tertiary/aromatic N) is 2. The van der Waals surface area contributed by atoms with Gasteiger partial charge in [-0.05, 0) is 29.6 Å². The lowest BCUT2D eigenvalue weighted by molar-refractivity contribution is -0.136. The number of carbonyl (C=O) groups excluding carboxylic acids is 2. The lowest BCUT2D eigenvalue weighted by Gasteiger charge is -2.34. The highest BCUT2D eigenvalue weighted by Crippen LogP contribution is 2.13. The van der Waals surface area contributed by atoms with Crippen molar-refractivity contribution in [1.82, 2.24) is 14.6 Å².